The number of carboxylic acid groups (broad SMARTS) is 3. The number of para-hydroxylation sites is 2. The number of hydrogen-bond acceptors (Lipinski definition) is 6. The first-order valence-electron chi connectivity index (χ1n) is 13.3. The second kappa shape index (κ2) is 13.8. The Bertz CT molecular complexity index is 1630. The highest BCUT2D eigenvalue weighted by Gasteiger charge is 2.28. The van der Waals surface area contributed by atoms with Crippen LogP contribution >= 0.6 is 0 Å². The number of methoxy groups -OCH3 is 1. The molecule has 0 heterocycles. The molecule has 0 spiro atoms. The van der Waals surface area contributed by atoms with Gasteiger partial charge in [-0.3, -0.25) is 4.79 Å². The molecule has 3 N–H and O–H groups in total. The Morgan fingerprint density at radius 3 is 1.81 bits per heavy atom. The van der Waals surface area contributed by atoms with Gasteiger partial charge in [0.2, 0.25) is 0 Å². The molecule has 4 aromatic rings. The van der Waals surface area contributed by atoms with Crippen molar-refractivity contribution in [2.24, 2.45) is 0 Å². The third kappa shape index (κ3) is 7.56. The van der Waals surface area contributed by atoms with Crippen molar-refractivity contribution >= 4 is 23.8 Å². The van der Waals surface area contributed by atoms with Crippen molar-refractivity contribution < 1.29 is 44.0 Å². The summed E-state index contributed by atoms with van der Waals surface area (Å²) in [6.45, 7) is 0.250. The van der Waals surface area contributed by atoms with Crippen LogP contribution in [0.15, 0.2) is 91.0 Å². The SMILES string of the molecule is COc1ccccc1CCCN(Cc1ccc(Oc2ccccc2)cc1)C(=O)c1cc(C(=O)O)c(C(=O)O)cc1C(=O)O. The lowest BCUT2D eigenvalue weighted by Crippen LogP contribution is -2.33. The van der Waals surface area contributed by atoms with Gasteiger partial charge in [-0.1, -0.05) is 48.5 Å². The summed E-state index contributed by atoms with van der Waals surface area (Å²) >= 11 is 0. The van der Waals surface area contributed by atoms with Gasteiger partial charge in [-0.05, 0) is 66.4 Å². The van der Waals surface area contributed by atoms with E-state index in [4.69, 9.17) is 9.47 Å². The molecular formula is C33H29NO9. The standard InChI is InChI=1S/C33H29NO9/c1-42-29-12-6-5-8-22(29)9-7-17-34(20-21-13-15-24(16-14-21)43-23-10-3-2-4-11-23)30(35)25-18-27(32(38)39)28(33(40)41)19-26(25)31(36)37/h2-6,8,10-16,18-19H,7,9,17,20H2,1H3,(H,36,37)(H,38,39)(H,40,41). The first kappa shape index (κ1) is 30.3. The third-order valence-electron chi connectivity index (χ3n) is 6.71. The number of amides is 1. The lowest BCUT2D eigenvalue weighted by Gasteiger charge is -2.24. The summed E-state index contributed by atoms with van der Waals surface area (Å²) in [4.78, 5) is 50.9. The number of aromatic carboxylic acids is 3. The van der Waals surface area contributed by atoms with Crippen LogP contribution in [0, 0.1) is 0 Å². The Kier molecular flexibility index (Phi) is 9.74. The van der Waals surface area contributed by atoms with E-state index in [-0.39, 0.29) is 13.1 Å². The first-order chi connectivity index (χ1) is 20.7. The molecule has 0 saturated heterocycles. The predicted molar refractivity (Wildman–Crippen MR) is 156 cm³/mol. The van der Waals surface area contributed by atoms with Gasteiger partial charge in [-0.2, -0.15) is 0 Å². The summed E-state index contributed by atoms with van der Waals surface area (Å²) in [5.74, 6) is -3.60. The summed E-state index contributed by atoms with van der Waals surface area (Å²) in [5.41, 5.74) is -0.797. The Hall–Kier alpha value is -5.64. The van der Waals surface area contributed by atoms with Crippen LogP contribution in [0.1, 0.15) is 59.0 Å². The third-order valence-corrected chi connectivity index (χ3v) is 6.71. The van der Waals surface area contributed by atoms with Crippen LogP contribution in [0.25, 0.3) is 0 Å². The highest BCUT2D eigenvalue weighted by molar-refractivity contribution is 6.10. The van der Waals surface area contributed by atoms with E-state index in [0.717, 1.165) is 11.6 Å². The molecule has 10 nitrogen and oxygen atoms in total. The lowest BCUT2D eigenvalue weighted by molar-refractivity contribution is 0.0644. The quantitative estimate of drug-likeness (QED) is 0.176. The Labute approximate surface area is 247 Å². The highest BCUT2D eigenvalue weighted by Crippen LogP contribution is 2.25. The van der Waals surface area contributed by atoms with Gasteiger partial charge in [0.1, 0.15) is 17.2 Å². The van der Waals surface area contributed by atoms with Gasteiger partial charge in [-0.15, -0.1) is 0 Å². The van der Waals surface area contributed by atoms with Crippen LogP contribution < -0.4 is 9.47 Å². The molecule has 43 heavy (non-hydrogen) atoms. The summed E-state index contributed by atoms with van der Waals surface area (Å²) in [6, 6.07) is 25.2. The molecule has 0 fully saturated rings. The van der Waals surface area contributed by atoms with Crippen LogP contribution in [0.4, 0.5) is 0 Å². The zero-order valence-electron chi connectivity index (χ0n) is 23.2. The Morgan fingerprint density at radius 2 is 1.21 bits per heavy atom. The van der Waals surface area contributed by atoms with Gasteiger partial charge in [0, 0.05) is 13.1 Å². The van der Waals surface area contributed by atoms with Crippen molar-refractivity contribution in [3.8, 4) is 17.2 Å². The zero-order valence-corrected chi connectivity index (χ0v) is 23.2. The van der Waals surface area contributed by atoms with E-state index >= 15 is 0 Å². The summed E-state index contributed by atoms with van der Waals surface area (Å²) in [5, 5.41) is 28.9. The lowest BCUT2D eigenvalue weighted by atomic mass is 9.96. The van der Waals surface area contributed by atoms with E-state index in [1.165, 1.54) is 4.90 Å². The number of aryl methyl sites for hydroxylation is 1. The molecule has 10 heteroatoms. The van der Waals surface area contributed by atoms with E-state index in [2.05, 4.69) is 0 Å². The number of carbonyl (C=O) groups excluding carboxylic acids is 1. The largest absolute Gasteiger partial charge is 0.496 e. The van der Waals surface area contributed by atoms with Gasteiger partial charge in [0.25, 0.3) is 5.91 Å². The molecule has 0 aliphatic heterocycles. The minimum atomic E-state index is -1.62. The van der Waals surface area contributed by atoms with Crippen molar-refractivity contribution in [1.29, 1.82) is 0 Å². The molecule has 0 radical (unpaired) electrons. The van der Waals surface area contributed by atoms with Crippen molar-refractivity contribution in [3.63, 3.8) is 0 Å². The number of carbonyl (C=O) groups is 4. The number of hydrogen-bond donors (Lipinski definition) is 3. The van der Waals surface area contributed by atoms with E-state index in [1.807, 2.05) is 54.6 Å². The molecule has 0 saturated carbocycles. The molecule has 0 bridgehead atoms. The van der Waals surface area contributed by atoms with Gasteiger partial charge >= 0.3 is 17.9 Å². The summed E-state index contributed by atoms with van der Waals surface area (Å²) in [6.07, 6.45) is 1.02. The van der Waals surface area contributed by atoms with Crippen LogP contribution in [0.5, 0.6) is 17.2 Å². The monoisotopic (exact) mass is 583 g/mol. The second-order valence-electron chi connectivity index (χ2n) is 9.56. The van der Waals surface area contributed by atoms with E-state index in [0.29, 0.717) is 41.7 Å². The van der Waals surface area contributed by atoms with Crippen LogP contribution in [0.2, 0.25) is 0 Å². The van der Waals surface area contributed by atoms with E-state index in [1.54, 1.807) is 31.4 Å². The van der Waals surface area contributed by atoms with Gasteiger partial charge < -0.3 is 29.7 Å². The summed E-state index contributed by atoms with van der Waals surface area (Å²) in [7, 11) is 1.56. The predicted octanol–water partition coefficient (Wildman–Crippen LogP) is 5.86. The second-order valence-corrected chi connectivity index (χ2v) is 9.56. The normalized spacial score (nSPS) is 10.5. The van der Waals surface area contributed by atoms with Crippen molar-refractivity contribution in [1.82, 2.24) is 4.90 Å². The molecule has 1 amide bonds. The zero-order chi connectivity index (χ0) is 30.9. The minimum absolute atomic E-state index is 0.0680. The fourth-order valence-electron chi connectivity index (χ4n) is 4.61. The van der Waals surface area contributed by atoms with Crippen molar-refractivity contribution in [2.75, 3.05) is 13.7 Å². The molecule has 0 aliphatic rings. The fourth-order valence-corrected chi connectivity index (χ4v) is 4.61. The minimum Gasteiger partial charge on any atom is -0.496 e. The Balaban J connectivity index is 1.65. The molecule has 0 unspecified atom stereocenters. The van der Waals surface area contributed by atoms with Crippen LogP contribution in [0.3, 0.4) is 0 Å². The molecule has 4 rings (SSSR count). The maximum Gasteiger partial charge on any atom is 0.336 e. The fraction of sp³-hybridized carbons (Fsp3) is 0.152. The average Bonchev–Trinajstić information content (AvgIpc) is 3.01. The van der Waals surface area contributed by atoms with Crippen LogP contribution in [-0.2, 0) is 13.0 Å². The highest BCUT2D eigenvalue weighted by atomic mass is 16.5. The topological polar surface area (TPSA) is 151 Å². The molecule has 0 aromatic heterocycles. The molecule has 0 aliphatic carbocycles. The number of rotatable bonds is 13. The van der Waals surface area contributed by atoms with Crippen LogP contribution in [-0.4, -0.2) is 57.7 Å². The Morgan fingerprint density at radius 1 is 0.674 bits per heavy atom. The number of ether oxygens (including phenoxy) is 2. The number of benzene rings is 4. The number of carboxylic acids is 3. The van der Waals surface area contributed by atoms with Gasteiger partial charge in [-0.25, -0.2) is 14.4 Å². The maximum absolute atomic E-state index is 13.9. The molecule has 4 aromatic carbocycles. The van der Waals surface area contributed by atoms with Gasteiger partial charge in [0.05, 0.1) is 29.4 Å². The van der Waals surface area contributed by atoms with E-state index in [9.17, 15) is 34.5 Å². The smallest absolute Gasteiger partial charge is 0.336 e. The maximum atomic E-state index is 13.9. The first-order valence-corrected chi connectivity index (χ1v) is 13.3. The van der Waals surface area contributed by atoms with Crippen molar-refractivity contribution in [2.45, 2.75) is 19.4 Å². The molecule has 0 atom stereocenters. The van der Waals surface area contributed by atoms with E-state index < -0.39 is 46.1 Å². The number of nitrogens with zero attached hydrogens (tertiary/aromatic N) is 1. The summed E-state index contributed by atoms with van der Waals surface area (Å²) < 4.78 is 11.3. The van der Waals surface area contributed by atoms with Gasteiger partial charge in [0.15, 0.2) is 0 Å². The van der Waals surface area contributed by atoms with Crippen molar-refractivity contribution in [3.05, 3.63) is 124 Å². The molecular weight excluding hydrogens is 554 g/mol. The molecule has 220 valence electrons. The average molecular weight is 584 g/mol.